The van der Waals surface area contributed by atoms with E-state index >= 15 is 0 Å². The van der Waals surface area contributed by atoms with Gasteiger partial charge in [-0.15, -0.1) is 0 Å². The van der Waals surface area contributed by atoms with Crippen molar-refractivity contribution in [3.05, 3.63) is 63.9 Å². The van der Waals surface area contributed by atoms with Gasteiger partial charge in [-0.2, -0.15) is 0 Å². The summed E-state index contributed by atoms with van der Waals surface area (Å²) in [5.74, 6) is 0.524. The second-order valence-electron chi connectivity index (χ2n) is 4.85. The van der Waals surface area contributed by atoms with Crippen molar-refractivity contribution >= 4 is 15.9 Å². The molecule has 0 heterocycles. The monoisotopic (exact) mass is 337 g/mol. The average Bonchev–Trinajstić information content (AvgIpc) is 2.39. The van der Waals surface area contributed by atoms with Crippen LogP contribution in [-0.2, 0) is 13.0 Å². The van der Waals surface area contributed by atoms with Gasteiger partial charge in [0.25, 0.3) is 0 Å². The van der Waals surface area contributed by atoms with Gasteiger partial charge in [-0.1, -0.05) is 34.1 Å². The minimum atomic E-state index is -0.263. The fraction of sp³-hybridized carbons (Fsp3) is 0.250. The van der Waals surface area contributed by atoms with Gasteiger partial charge >= 0.3 is 0 Å². The largest absolute Gasteiger partial charge is 0.489 e. The van der Waals surface area contributed by atoms with Crippen LogP contribution in [0.5, 0.6) is 5.75 Å². The summed E-state index contributed by atoms with van der Waals surface area (Å²) >= 11 is 3.33. The second kappa shape index (κ2) is 6.86. The van der Waals surface area contributed by atoms with Crippen LogP contribution in [0.4, 0.5) is 4.39 Å². The first kappa shape index (κ1) is 15.0. The zero-order valence-corrected chi connectivity index (χ0v) is 12.9. The Morgan fingerprint density at radius 3 is 2.50 bits per heavy atom. The predicted molar refractivity (Wildman–Crippen MR) is 82.2 cm³/mol. The molecular weight excluding hydrogens is 321 g/mol. The highest BCUT2D eigenvalue weighted by atomic mass is 79.9. The standard InChI is InChI=1S/C16H17BrFNO/c1-11(19)8-12-2-6-15(7-3-12)20-10-13-4-5-14(18)9-16(13)17/h2-7,9,11H,8,10,19H2,1H3. The summed E-state index contributed by atoms with van der Waals surface area (Å²) in [6.07, 6.45) is 0.851. The third kappa shape index (κ3) is 4.32. The summed E-state index contributed by atoms with van der Waals surface area (Å²) < 4.78 is 19.4. The lowest BCUT2D eigenvalue weighted by molar-refractivity contribution is 0.305. The average molecular weight is 338 g/mol. The molecule has 0 bridgehead atoms. The van der Waals surface area contributed by atoms with Crippen molar-refractivity contribution in [2.45, 2.75) is 26.0 Å². The lowest BCUT2D eigenvalue weighted by atomic mass is 10.1. The van der Waals surface area contributed by atoms with E-state index < -0.39 is 0 Å². The van der Waals surface area contributed by atoms with Crippen LogP contribution < -0.4 is 10.5 Å². The van der Waals surface area contributed by atoms with E-state index in [0.29, 0.717) is 11.1 Å². The quantitative estimate of drug-likeness (QED) is 0.892. The first-order valence-corrected chi connectivity index (χ1v) is 7.25. The van der Waals surface area contributed by atoms with Gasteiger partial charge in [-0.25, -0.2) is 4.39 Å². The number of halogens is 2. The van der Waals surface area contributed by atoms with Crippen LogP contribution in [-0.4, -0.2) is 6.04 Å². The number of hydrogen-bond acceptors (Lipinski definition) is 2. The topological polar surface area (TPSA) is 35.2 Å². The molecule has 1 unspecified atom stereocenters. The Bertz CT molecular complexity index is 569. The summed E-state index contributed by atoms with van der Waals surface area (Å²) in [4.78, 5) is 0. The molecule has 0 aliphatic carbocycles. The maximum Gasteiger partial charge on any atom is 0.124 e. The molecule has 0 amide bonds. The molecule has 0 saturated heterocycles. The Labute approximate surface area is 126 Å². The summed E-state index contributed by atoms with van der Waals surface area (Å²) in [6, 6.07) is 12.6. The zero-order chi connectivity index (χ0) is 14.5. The zero-order valence-electron chi connectivity index (χ0n) is 11.3. The fourth-order valence-corrected chi connectivity index (χ4v) is 2.36. The molecule has 2 aromatic carbocycles. The van der Waals surface area contributed by atoms with E-state index in [1.54, 1.807) is 6.07 Å². The molecule has 0 spiro atoms. The van der Waals surface area contributed by atoms with E-state index in [0.717, 1.165) is 17.7 Å². The van der Waals surface area contributed by atoms with E-state index in [4.69, 9.17) is 10.5 Å². The van der Waals surface area contributed by atoms with Crippen molar-refractivity contribution in [2.75, 3.05) is 0 Å². The Kier molecular flexibility index (Phi) is 5.15. The van der Waals surface area contributed by atoms with Crippen molar-refractivity contribution in [1.82, 2.24) is 0 Å². The van der Waals surface area contributed by atoms with E-state index in [-0.39, 0.29) is 11.9 Å². The van der Waals surface area contributed by atoms with Crippen molar-refractivity contribution in [3.8, 4) is 5.75 Å². The fourth-order valence-electron chi connectivity index (χ4n) is 1.89. The molecular formula is C16H17BrFNO. The third-order valence-corrected chi connectivity index (χ3v) is 3.63. The highest BCUT2D eigenvalue weighted by molar-refractivity contribution is 9.10. The van der Waals surface area contributed by atoms with Crippen LogP contribution in [0.15, 0.2) is 46.9 Å². The third-order valence-electron chi connectivity index (χ3n) is 2.89. The molecule has 0 aliphatic heterocycles. The first-order chi connectivity index (χ1) is 9.54. The van der Waals surface area contributed by atoms with Crippen LogP contribution in [0.1, 0.15) is 18.1 Å². The van der Waals surface area contributed by atoms with Gasteiger partial charge in [0.05, 0.1) is 0 Å². The minimum absolute atomic E-state index is 0.150. The molecule has 0 saturated carbocycles. The van der Waals surface area contributed by atoms with Crippen LogP contribution in [0, 0.1) is 5.82 Å². The Balaban J connectivity index is 1.96. The van der Waals surface area contributed by atoms with Gasteiger partial charge in [-0.05, 0) is 43.2 Å². The van der Waals surface area contributed by atoms with Crippen molar-refractivity contribution in [3.63, 3.8) is 0 Å². The number of ether oxygens (including phenoxy) is 1. The van der Waals surface area contributed by atoms with E-state index in [1.807, 2.05) is 31.2 Å². The summed E-state index contributed by atoms with van der Waals surface area (Å²) in [6.45, 7) is 2.38. The Hall–Kier alpha value is -1.39. The van der Waals surface area contributed by atoms with E-state index in [9.17, 15) is 4.39 Å². The van der Waals surface area contributed by atoms with Crippen LogP contribution >= 0.6 is 15.9 Å². The Morgan fingerprint density at radius 2 is 1.90 bits per heavy atom. The van der Waals surface area contributed by atoms with Crippen LogP contribution in [0.3, 0.4) is 0 Å². The van der Waals surface area contributed by atoms with Gasteiger partial charge < -0.3 is 10.5 Å². The molecule has 2 rings (SSSR count). The second-order valence-corrected chi connectivity index (χ2v) is 5.70. The molecule has 1 atom stereocenters. The summed E-state index contributed by atoms with van der Waals surface area (Å²) in [7, 11) is 0. The molecule has 2 N–H and O–H groups in total. The molecule has 2 aromatic rings. The maximum atomic E-state index is 13.0. The predicted octanol–water partition coefficient (Wildman–Crippen LogP) is 4.06. The van der Waals surface area contributed by atoms with Crippen molar-refractivity contribution < 1.29 is 9.13 Å². The smallest absolute Gasteiger partial charge is 0.124 e. The number of rotatable bonds is 5. The summed E-state index contributed by atoms with van der Waals surface area (Å²) in [5, 5.41) is 0. The van der Waals surface area contributed by atoms with Crippen molar-refractivity contribution in [1.29, 1.82) is 0 Å². The van der Waals surface area contributed by atoms with Gasteiger partial charge in [-0.3, -0.25) is 0 Å². The molecule has 106 valence electrons. The highest BCUT2D eigenvalue weighted by Gasteiger charge is 2.03. The normalized spacial score (nSPS) is 12.2. The molecule has 0 aromatic heterocycles. The Morgan fingerprint density at radius 1 is 1.20 bits per heavy atom. The van der Waals surface area contributed by atoms with Gasteiger partial charge in [0.2, 0.25) is 0 Å². The SMILES string of the molecule is CC(N)Cc1ccc(OCc2ccc(F)cc2Br)cc1. The van der Waals surface area contributed by atoms with E-state index in [2.05, 4.69) is 15.9 Å². The molecule has 4 heteroatoms. The summed E-state index contributed by atoms with van der Waals surface area (Å²) in [5.41, 5.74) is 7.86. The van der Waals surface area contributed by atoms with Crippen LogP contribution in [0.2, 0.25) is 0 Å². The van der Waals surface area contributed by atoms with Gasteiger partial charge in [0.15, 0.2) is 0 Å². The van der Waals surface area contributed by atoms with Gasteiger partial charge in [0.1, 0.15) is 18.2 Å². The maximum absolute atomic E-state index is 13.0. The highest BCUT2D eigenvalue weighted by Crippen LogP contribution is 2.21. The molecule has 0 fully saturated rings. The number of hydrogen-bond donors (Lipinski definition) is 1. The molecule has 20 heavy (non-hydrogen) atoms. The first-order valence-electron chi connectivity index (χ1n) is 6.46. The molecule has 0 aliphatic rings. The van der Waals surface area contributed by atoms with Gasteiger partial charge in [0, 0.05) is 16.1 Å². The lowest BCUT2D eigenvalue weighted by Crippen LogP contribution is -2.17. The van der Waals surface area contributed by atoms with E-state index in [1.165, 1.54) is 17.7 Å². The number of benzene rings is 2. The van der Waals surface area contributed by atoms with Crippen molar-refractivity contribution in [2.24, 2.45) is 5.73 Å². The number of nitrogens with two attached hydrogens (primary N) is 1. The lowest BCUT2D eigenvalue weighted by Gasteiger charge is -2.09. The molecule has 0 radical (unpaired) electrons. The van der Waals surface area contributed by atoms with Crippen LogP contribution in [0.25, 0.3) is 0 Å². The molecule has 2 nitrogen and oxygen atoms in total. The minimum Gasteiger partial charge on any atom is -0.489 e.